The lowest BCUT2D eigenvalue weighted by atomic mass is 9.76. The van der Waals surface area contributed by atoms with Gasteiger partial charge < -0.3 is 0 Å². The van der Waals surface area contributed by atoms with E-state index < -0.39 is 0 Å². The Bertz CT molecular complexity index is 350. The highest BCUT2D eigenvalue weighted by Gasteiger charge is 2.36. The molecule has 1 aliphatic rings. The summed E-state index contributed by atoms with van der Waals surface area (Å²) in [5.74, 6) is 0.0953. The van der Waals surface area contributed by atoms with Crippen LogP contribution in [0.4, 0.5) is 0 Å². The molecule has 2 atom stereocenters. The second kappa shape index (κ2) is 4.86. The van der Waals surface area contributed by atoms with Crippen molar-refractivity contribution in [3.05, 3.63) is 11.3 Å². The lowest BCUT2D eigenvalue weighted by molar-refractivity contribution is -0.124. The Morgan fingerprint density at radius 1 is 1.18 bits per heavy atom. The minimum atomic E-state index is 0.0307. The third-order valence-corrected chi connectivity index (χ3v) is 4.20. The minimum absolute atomic E-state index is 0.0307. The molecular formula is C12H24N2OP2. The molecule has 17 heavy (non-hydrogen) atoms. The molecule has 1 amide bonds. The number of hydrogen-bond acceptors (Lipinski definition) is 2. The lowest BCUT2D eigenvalue weighted by Crippen LogP contribution is -2.45. The van der Waals surface area contributed by atoms with Gasteiger partial charge in [0.25, 0.3) is 0 Å². The molecule has 0 aromatic carbocycles. The summed E-state index contributed by atoms with van der Waals surface area (Å²) in [7, 11) is 3.18. The SMILES string of the molecule is CC(C)(C)C1=C(C(C)(C)C)N(PP)NC(=O)C1. The Morgan fingerprint density at radius 3 is 2.06 bits per heavy atom. The molecule has 0 fully saturated rings. The fraction of sp³-hybridized carbons (Fsp3) is 0.750. The molecule has 0 bridgehead atoms. The molecule has 1 heterocycles. The number of nitrogens with one attached hydrogen (secondary N) is 1. The minimum Gasteiger partial charge on any atom is -0.273 e. The van der Waals surface area contributed by atoms with Crippen LogP contribution < -0.4 is 5.43 Å². The predicted octanol–water partition coefficient (Wildman–Crippen LogP) is 3.45. The zero-order chi connectivity index (χ0) is 13.4. The van der Waals surface area contributed by atoms with Gasteiger partial charge in [0, 0.05) is 19.5 Å². The third-order valence-electron chi connectivity index (χ3n) is 2.83. The van der Waals surface area contributed by atoms with Crippen molar-refractivity contribution in [1.29, 1.82) is 0 Å². The topological polar surface area (TPSA) is 32.3 Å². The highest BCUT2D eigenvalue weighted by molar-refractivity contribution is 8.01. The van der Waals surface area contributed by atoms with Crippen LogP contribution in [0.1, 0.15) is 48.0 Å². The monoisotopic (exact) mass is 274 g/mol. The smallest absolute Gasteiger partial charge is 0.242 e. The Labute approximate surface area is 109 Å². The zero-order valence-corrected chi connectivity index (χ0v) is 13.8. The van der Waals surface area contributed by atoms with E-state index >= 15 is 0 Å². The van der Waals surface area contributed by atoms with Crippen LogP contribution >= 0.6 is 17.3 Å². The number of hydrogen-bond donors (Lipinski definition) is 1. The predicted molar refractivity (Wildman–Crippen MR) is 78.6 cm³/mol. The molecule has 98 valence electrons. The molecule has 0 saturated carbocycles. The van der Waals surface area contributed by atoms with Gasteiger partial charge in [-0.05, 0) is 11.0 Å². The summed E-state index contributed by atoms with van der Waals surface area (Å²) in [6.07, 6.45) is 0.516. The first kappa shape index (κ1) is 14.9. The molecule has 0 radical (unpaired) electrons. The fourth-order valence-corrected chi connectivity index (χ4v) is 3.47. The standard InChI is InChI=1S/C12H24N2OP2/c1-11(2,3)8-7-9(15)13-14(17-16)10(8)12(4,5)6/h17H,7,16H2,1-6H3,(H,13,15). The van der Waals surface area contributed by atoms with E-state index in [-0.39, 0.29) is 16.7 Å². The molecule has 1 rings (SSSR count). The first-order chi connectivity index (χ1) is 7.57. The fourth-order valence-electron chi connectivity index (χ4n) is 2.10. The maximum absolute atomic E-state index is 11.8. The first-order valence-electron chi connectivity index (χ1n) is 5.87. The summed E-state index contributed by atoms with van der Waals surface area (Å²) in [6, 6.07) is 0. The second-order valence-corrected chi connectivity index (χ2v) is 7.98. The van der Waals surface area contributed by atoms with Crippen LogP contribution in [-0.2, 0) is 4.79 Å². The van der Waals surface area contributed by atoms with Crippen LogP contribution in [0, 0.1) is 10.8 Å². The second-order valence-electron chi connectivity index (χ2n) is 6.50. The Balaban J connectivity index is 3.37. The molecule has 2 unspecified atom stereocenters. The van der Waals surface area contributed by atoms with Crippen molar-refractivity contribution >= 4 is 23.3 Å². The number of nitrogens with zero attached hydrogens (tertiary/aromatic N) is 1. The van der Waals surface area contributed by atoms with Crippen LogP contribution in [-0.4, -0.2) is 10.7 Å². The zero-order valence-electron chi connectivity index (χ0n) is 11.6. The highest BCUT2D eigenvalue weighted by atomic mass is 32.0. The van der Waals surface area contributed by atoms with Gasteiger partial charge in [-0.3, -0.25) is 15.0 Å². The van der Waals surface area contributed by atoms with Crippen molar-refractivity contribution < 1.29 is 4.79 Å². The van der Waals surface area contributed by atoms with Crippen molar-refractivity contribution in [3.8, 4) is 0 Å². The van der Waals surface area contributed by atoms with Crippen LogP contribution in [0.15, 0.2) is 11.3 Å². The first-order valence-corrected chi connectivity index (χ1v) is 8.63. The van der Waals surface area contributed by atoms with Crippen LogP contribution in [0.5, 0.6) is 0 Å². The van der Waals surface area contributed by atoms with Gasteiger partial charge in [-0.25, -0.2) is 0 Å². The maximum atomic E-state index is 11.8. The maximum Gasteiger partial charge on any atom is 0.242 e. The molecule has 3 nitrogen and oxygen atoms in total. The van der Waals surface area contributed by atoms with E-state index in [1.54, 1.807) is 0 Å². The van der Waals surface area contributed by atoms with E-state index in [0.29, 0.717) is 14.8 Å². The summed E-state index contributed by atoms with van der Waals surface area (Å²) < 4.78 is 2.00. The van der Waals surface area contributed by atoms with E-state index in [2.05, 4.69) is 55.9 Å². The third kappa shape index (κ3) is 3.42. The van der Waals surface area contributed by atoms with E-state index in [1.165, 1.54) is 11.3 Å². The normalized spacial score (nSPS) is 19.2. The molecule has 0 aliphatic carbocycles. The Hall–Kier alpha value is -0.130. The Morgan fingerprint density at radius 2 is 1.71 bits per heavy atom. The molecule has 0 aromatic rings. The van der Waals surface area contributed by atoms with E-state index in [9.17, 15) is 4.79 Å². The largest absolute Gasteiger partial charge is 0.273 e. The number of carbonyl (C=O) groups excluding carboxylic acids is 1. The van der Waals surface area contributed by atoms with Gasteiger partial charge in [0.15, 0.2) is 0 Å². The molecule has 5 heteroatoms. The van der Waals surface area contributed by atoms with Crippen molar-refractivity contribution in [2.24, 2.45) is 10.8 Å². The van der Waals surface area contributed by atoms with Crippen molar-refractivity contribution in [2.45, 2.75) is 48.0 Å². The van der Waals surface area contributed by atoms with Gasteiger partial charge in [0.05, 0.1) is 6.42 Å². The lowest BCUT2D eigenvalue weighted by Gasteiger charge is -2.42. The van der Waals surface area contributed by atoms with Gasteiger partial charge in [0.2, 0.25) is 5.91 Å². The highest BCUT2D eigenvalue weighted by Crippen LogP contribution is 2.46. The number of allylic oxidation sites excluding steroid dienone is 1. The summed E-state index contributed by atoms with van der Waals surface area (Å²) >= 11 is 0. The van der Waals surface area contributed by atoms with Gasteiger partial charge in [0.1, 0.15) is 0 Å². The number of carbonyl (C=O) groups is 1. The van der Waals surface area contributed by atoms with Gasteiger partial charge >= 0.3 is 0 Å². The van der Waals surface area contributed by atoms with Crippen LogP contribution in [0.25, 0.3) is 0 Å². The summed E-state index contributed by atoms with van der Waals surface area (Å²) in [5, 5.41) is 0. The molecule has 0 saturated heterocycles. The summed E-state index contributed by atoms with van der Waals surface area (Å²) in [4.78, 5) is 11.8. The number of hydrazine groups is 1. The molecule has 0 spiro atoms. The van der Waals surface area contributed by atoms with Crippen molar-refractivity contribution in [3.63, 3.8) is 0 Å². The molecule has 1 aliphatic heterocycles. The van der Waals surface area contributed by atoms with Crippen molar-refractivity contribution in [2.75, 3.05) is 0 Å². The molecule has 1 N–H and O–H groups in total. The molecule has 0 aromatic heterocycles. The van der Waals surface area contributed by atoms with Gasteiger partial charge in [-0.1, -0.05) is 50.5 Å². The number of amides is 1. The summed E-state index contributed by atoms with van der Waals surface area (Å²) in [6.45, 7) is 13.1. The van der Waals surface area contributed by atoms with E-state index in [4.69, 9.17) is 0 Å². The average molecular weight is 274 g/mol. The van der Waals surface area contributed by atoms with E-state index in [1.807, 2.05) is 4.78 Å². The van der Waals surface area contributed by atoms with Gasteiger partial charge in [-0.2, -0.15) is 0 Å². The van der Waals surface area contributed by atoms with Crippen LogP contribution in [0.3, 0.4) is 0 Å². The average Bonchev–Trinajstić information content (AvgIpc) is 2.12. The Kier molecular flexibility index (Phi) is 4.27. The van der Waals surface area contributed by atoms with Crippen molar-refractivity contribution in [1.82, 2.24) is 10.2 Å². The quantitative estimate of drug-likeness (QED) is 0.743. The van der Waals surface area contributed by atoms with Crippen LogP contribution in [0.2, 0.25) is 0 Å². The van der Waals surface area contributed by atoms with Gasteiger partial charge in [-0.15, -0.1) is 0 Å². The molecular weight excluding hydrogens is 250 g/mol. The van der Waals surface area contributed by atoms with E-state index in [0.717, 1.165) is 0 Å². The number of rotatable bonds is 1. The summed E-state index contributed by atoms with van der Waals surface area (Å²) in [5.41, 5.74) is 5.54.